The molecule has 3 amide bonds. The monoisotopic (exact) mass is 367 g/mol. The third-order valence-electron chi connectivity index (χ3n) is 4.82. The first-order chi connectivity index (χ1) is 13.2. The van der Waals surface area contributed by atoms with Crippen LogP contribution in [0.15, 0.2) is 48.7 Å². The molecule has 3 heterocycles. The summed E-state index contributed by atoms with van der Waals surface area (Å²) in [7, 11) is 0. The van der Waals surface area contributed by atoms with Crippen LogP contribution in [0.5, 0.6) is 5.88 Å². The first-order valence-corrected chi connectivity index (χ1v) is 9.04. The lowest BCUT2D eigenvalue weighted by molar-refractivity contribution is -0.130. The standard InChI is InChI=1S/C19H21N5O3/c25-18(22-10-8-16(13-22)27-17-7-4-9-20-21-17)14-23-11-12-24(19(23)26)15-5-2-1-3-6-15/h1-7,9,16H,8,10-14H2/t16-/m1/s1. The van der Waals surface area contributed by atoms with Gasteiger partial charge in [-0.1, -0.05) is 18.2 Å². The van der Waals surface area contributed by atoms with E-state index in [-0.39, 0.29) is 24.6 Å². The maximum Gasteiger partial charge on any atom is 0.325 e. The fraction of sp³-hybridized carbons (Fsp3) is 0.368. The van der Waals surface area contributed by atoms with Crippen LogP contribution >= 0.6 is 0 Å². The largest absolute Gasteiger partial charge is 0.471 e. The number of carbonyl (C=O) groups is 2. The second-order valence-electron chi connectivity index (χ2n) is 6.62. The predicted molar refractivity (Wildman–Crippen MR) is 98.4 cm³/mol. The van der Waals surface area contributed by atoms with Gasteiger partial charge in [-0.25, -0.2) is 4.79 Å². The fourth-order valence-corrected chi connectivity index (χ4v) is 3.41. The second kappa shape index (κ2) is 7.61. The SMILES string of the molecule is O=C(CN1CCN(c2ccccc2)C1=O)N1CC[C@@H](Oc2cccnn2)C1. The fourth-order valence-electron chi connectivity index (χ4n) is 3.41. The van der Waals surface area contributed by atoms with E-state index in [2.05, 4.69) is 10.2 Å². The molecule has 140 valence electrons. The molecule has 8 heteroatoms. The van der Waals surface area contributed by atoms with Gasteiger partial charge in [-0.2, -0.15) is 5.10 Å². The molecule has 4 rings (SSSR count). The molecule has 1 aromatic carbocycles. The van der Waals surface area contributed by atoms with Crippen LogP contribution in [0.3, 0.4) is 0 Å². The first kappa shape index (κ1) is 17.3. The highest BCUT2D eigenvalue weighted by Gasteiger charge is 2.34. The Morgan fingerprint density at radius 3 is 2.74 bits per heavy atom. The van der Waals surface area contributed by atoms with Gasteiger partial charge in [0, 0.05) is 44.0 Å². The zero-order valence-corrected chi connectivity index (χ0v) is 14.9. The van der Waals surface area contributed by atoms with Crippen molar-refractivity contribution < 1.29 is 14.3 Å². The van der Waals surface area contributed by atoms with Crippen LogP contribution < -0.4 is 9.64 Å². The molecule has 1 atom stereocenters. The summed E-state index contributed by atoms with van der Waals surface area (Å²) in [5, 5.41) is 7.69. The Hall–Kier alpha value is -3.16. The van der Waals surface area contributed by atoms with E-state index in [0.29, 0.717) is 32.1 Å². The average molecular weight is 367 g/mol. The van der Waals surface area contributed by atoms with Crippen molar-refractivity contribution in [1.29, 1.82) is 0 Å². The average Bonchev–Trinajstić information content (AvgIpc) is 3.31. The molecule has 0 saturated carbocycles. The summed E-state index contributed by atoms with van der Waals surface area (Å²) in [4.78, 5) is 30.3. The number of nitrogens with zero attached hydrogens (tertiary/aromatic N) is 5. The Morgan fingerprint density at radius 1 is 1.11 bits per heavy atom. The van der Waals surface area contributed by atoms with E-state index < -0.39 is 0 Å². The number of hydrogen-bond acceptors (Lipinski definition) is 5. The molecule has 2 aliphatic heterocycles. The van der Waals surface area contributed by atoms with Crippen molar-refractivity contribution in [2.24, 2.45) is 0 Å². The number of ether oxygens (including phenoxy) is 1. The molecule has 2 fully saturated rings. The first-order valence-electron chi connectivity index (χ1n) is 9.04. The molecule has 2 aliphatic rings. The smallest absolute Gasteiger partial charge is 0.325 e. The van der Waals surface area contributed by atoms with Crippen LogP contribution in [0.1, 0.15) is 6.42 Å². The van der Waals surface area contributed by atoms with Crippen LogP contribution in [0.2, 0.25) is 0 Å². The van der Waals surface area contributed by atoms with Crippen molar-refractivity contribution in [3.63, 3.8) is 0 Å². The molecule has 8 nitrogen and oxygen atoms in total. The summed E-state index contributed by atoms with van der Waals surface area (Å²) in [5.41, 5.74) is 0.857. The van der Waals surface area contributed by atoms with Crippen LogP contribution in [0, 0.1) is 0 Å². The highest BCUT2D eigenvalue weighted by atomic mass is 16.5. The lowest BCUT2D eigenvalue weighted by atomic mass is 10.3. The number of para-hydroxylation sites is 1. The quantitative estimate of drug-likeness (QED) is 0.798. The maximum atomic E-state index is 12.6. The van der Waals surface area contributed by atoms with Crippen LogP contribution in [-0.4, -0.2) is 70.8 Å². The number of rotatable bonds is 5. The van der Waals surface area contributed by atoms with Crippen LogP contribution in [0.4, 0.5) is 10.5 Å². The number of benzene rings is 1. The highest BCUT2D eigenvalue weighted by molar-refractivity contribution is 5.96. The normalized spacial score (nSPS) is 19.6. The number of amides is 3. The van der Waals surface area contributed by atoms with E-state index in [9.17, 15) is 9.59 Å². The molecule has 0 spiro atoms. The maximum absolute atomic E-state index is 12.6. The Labute approximate surface area is 157 Å². The molecule has 0 bridgehead atoms. The van der Waals surface area contributed by atoms with E-state index >= 15 is 0 Å². The second-order valence-corrected chi connectivity index (χ2v) is 6.62. The molecule has 0 radical (unpaired) electrons. The number of carbonyl (C=O) groups excluding carboxylic acids is 2. The van der Waals surface area contributed by atoms with Crippen molar-refractivity contribution in [3.05, 3.63) is 48.7 Å². The molecule has 27 heavy (non-hydrogen) atoms. The van der Waals surface area contributed by atoms with Crippen molar-refractivity contribution in [3.8, 4) is 5.88 Å². The van der Waals surface area contributed by atoms with Gasteiger partial charge in [0.1, 0.15) is 12.6 Å². The number of urea groups is 1. The number of hydrogen-bond donors (Lipinski definition) is 0. The Kier molecular flexibility index (Phi) is 4.86. The summed E-state index contributed by atoms with van der Waals surface area (Å²) in [6.07, 6.45) is 2.23. The predicted octanol–water partition coefficient (Wildman–Crippen LogP) is 1.40. The molecule has 0 unspecified atom stereocenters. The van der Waals surface area contributed by atoms with Gasteiger partial charge < -0.3 is 14.5 Å². The lowest BCUT2D eigenvalue weighted by Gasteiger charge is -2.22. The van der Waals surface area contributed by atoms with Crippen molar-refractivity contribution in [2.75, 3.05) is 37.6 Å². The van der Waals surface area contributed by atoms with Gasteiger partial charge in [0.05, 0.1) is 6.54 Å². The van der Waals surface area contributed by atoms with Gasteiger partial charge in [0.25, 0.3) is 0 Å². The van der Waals surface area contributed by atoms with Gasteiger partial charge in [0.2, 0.25) is 11.8 Å². The summed E-state index contributed by atoms with van der Waals surface area (Å²) in [6, 6.07) is 12.9. The van der Waals surface area contributed by atoms with Gasteiger partial charge >= 0.3 is 6.03 Å². The number of aromatic nitrogens is 2. The van der Waals surface area contributed by atoms with Gasteiger partial charge in [-0.15, -0.1) is 5.10 Å². The Morgan fingerprint density at radius 2 is 1.96 bits per heavy atom. The van der Waals surface area contributed by atoms with Gasteiger partial charge in [0.15, 0.2) is 0 Å². The van der Waals surface area contributed by atoms with Gasteiger partial charge in [-0.05, 0) is 18.2 Å². The van der Waals surface area contributed by atoms with E-state index in [1.807, 2.05) is 30.3 Å². The van der Waals surface area contributed by atoms with Gasteiger partial charge in [-0.3, -0.25) is 9.69 Å². The molecule has 2 saturated heterocycles. The Balaban J connectivity index is 1.30. The molecule has 2 aromatic rings. The van der Waals surface area contributed by atoms with E-state index in [1.165, 1.54) is 0 Å². The summed E-state index contributed by atoms with van der Waals surface area (Å²) in [6.45, 7) is 2.36. The summed E-state index contributed by atoms with van der Waals surface area (Å²) < 4.78 is 5.77. The zero-order chi connectivity index (χ0) is 18.6. The molecule has 0 N–H and O–H groups in total. The van der Waals surface area contributed by atoms with E-state index in [1.54, 1.807) is 33.0 Å². The molecule has 0 aliphatic carbocycles. The van der Waals surface area contributed by atoms with Crippen molar-refractivity contribution in [2.45, 2.75) is 12.5 Å². The minimum absolute atomic E-state index is 0.0523. The Bertz CT molecular complexity index is 802. The molecule has 1 aromatic heterocycles. The zero-order valence-electron chi connectivity index (χ0n) is 14.9. The topological polar surface area (TPSA) is 78.9 Å². The minimum atomic E-state index is -0.124. The molecular formula is C19H21N5O3. The summed E-state index contributed by atoms with van der Waals surface area (Å²) >= 11 is 0. The van der Waals surface area contributed by atoms with Crippen LogP contribution in [0.25, 0.3) is 0 Å². The molecular weight excluding hydrogens is 346 g/mol. The summed E-state index contributed by atoms with van der Waals surface area (Å²) in [5.74, 6) is 0.411. The third kappa shape index (κ3) is 3.84. The number of anilines is 1. The van der Waals surface area contributed by atoms with Crippen molar-refractivity contribution >= 4 is 17.6 Å². The lowest BCUT2D eigenvalue weighted by Crippen LogP contribution is -2.42. The highest BCUT2D eigenvalue weighted by Crippen LogP contribution is 2.21. The number of likely N-dealkylation sites (tertiary alicyclic amines) is 1. The van der Waals surface area contributed by atoms with Crippen molar-refractivity contribution in [1.82, 2.24) is 20.0 Å². The van der Waals surface area contributed by atoms with E-state index in [0.717, 1.165) is 12.1 Å². The van der Waals surface area contributed by atoms with E-state index in [4.69, 9.17) is 4.74 Å². The van der Waals surface area contributed by atoms with Crippen LogP contribution in [-0.2, 0) is 4.79 Å². The third-order valence-corrected chi connectivity index (χ3v) is 4.82. The minimum Gasteiger partial charge on any atom is -0.471 e.